The lowest BCUT2D eigenvalue weighted by molar-refractivity contribution is 0.0917. The summed E-state index contributed by atoms with van der Waals surface area (Å²) in [7, 11) is 0. The van der Waals surface area contributed by atoms with Crippen LogP contribution in [-0.2, 0) is 4.74 Å². The Morgan fingerprint density at radius 2 is 2.11 bits per heavy atom. The van der Waals surface area contributed by atoms with E-state index in [1.165, 1.54) is 29.5 Å². The Hall–Kier alpha value is -2.28. The fourth-order valence-electron chi connectivity index (χ4n) is 3.16. The molecule has 0 radical (unpaired) electrons. The quantitative estimate of drug-likeness (QED) is 0.557. The predicted molar refractivity (Wildman–Crippen MR) is 110 cm³/mol. The van der Waals surface area contributed by atoms with E-state index in [1.54, 1.807) is 23.1 Å². The van der Waals surface area contributed by atoms with Crippen LogP contribution in [0, 0.1) is 5.82 Å². The van der Waals surface area contributed by atoms with Crippen LogP contribution in [0.15, 0.2) is 53.9 Å². The van der Waals surface area contributed by atoms with Gasteiger partial charge in [-0.2, -0.15) is 0 Å². The van der Waals surface area contributed by atoms with E-state index in [1.807, 2.05) is 17.5 Å². The van der Waals surface area contributed by atoms with Gasteiger partial charge in [0.1, 0.15) is 5.82 Å². The molecule has 0 N–H and O–H groups in total. The minimum Gasteiger partial charge on any atom is -0.376 e. The lowest BCUT2D eigenvalue weighted by Gasteiger charge is -2.23. The number of carbonyl (C=O) groups is 1. The Balaban J connectivity index is 1.65. The zero-order valence-corrected chi connectivity index (χ0v) is 16.5. The third-order valence-corrected chi connectivity index (χ3v) is 5.71. The first-order chi connectivity index (χ1) is 13.6. The first-order valence-corrected chi connectivity index (χ1v) is 10.3. The van der Waals surface area contributed by atoms with Crippen molar-refractivity contribution < 1.29 is 13.9 Å². The van der Waals surface area contributed by atoms with Crippen LogP contribution in [0.3, 0.4) is 0 Å². The number of hydrogen-bond donors (Lipinski definition) is 0. The fraction of sp³-hybridized carbons (Fsp3) is 0.238. The molecule has 0 saturated carbocycles. The van der Waals surface area contributed by atoms with Crippen LogP contribution >= 0.6 is 22.9 Å². The summed E-state index contributed by atoms with van der Waals surface area (Å²) < 4.78 is 19.4. The third kappa shape index (κ3) is 4.24. The molecule has 2 aromatic carbocycles. The minimum atomic E-state index is -0.441. The Morgan fingerprint density at radius 3 is 2.82 bits per heavy atom. The number of amides is 1. The normalized spacial score (nSPS) is 16.3. The van der Waals surface area contributed by atoms with E-state index >= 15 is 0 Å². The highest BCUT2D eigenvalue weighted by molar-refractivity contribution is 7.14. The lowest BCUT2D eigenvalue weighted by atomic mass is 10.1. The molecule has 0 spiro atoms. The van der Waals surface area contributed by atoms with Crippen molar-refractivity contribution in [2.75, 3.05) is 18.1 Å². The van der Waals surface area contributed by atoms with E-state index in [-0.39, 0.29) is 12.0 Å². The average Bonchev–Trinajstić information content (AvgIpc) is 3.38. The van der Waals surface area contributed by atoms with Gasteiger partial charge in [0.2, 0.25) is 0 Å². The Morgan fingerprint density at radius 1 is 1.29 bits per heavy atom. The third-order valence-electron chi connectivity index (χ3n) is 4.59. The molecular formula is C21H18ClFN2O2S. The largest absolute Gasteiger partial charge is 0.376 e. The van der Waals surface area contributed by atoms with Crippen molar-refractivity contribution in [2.45, 2.75) is 18.9 Å². The number of carbonyl (C=O) groups excluding carboxylic acids is 1. The van der Waals surface area contributed by atoms with Crippen molar-refractivity contribution in [2.24, 2.45) is 0 Å². The molecule has 4 rings (SSSR count). The zero-order chi connectivity index (χ0) is 19.5. The zero-order valence-electron chi connectivity index (χ0n) is 15.0. The van der Waals surface area contributed by atoms with Crippen LogP contribution in [0.5, 0.6) is 0 Å². The molecule has 1 aliphatic heterocycles. The van der Waals surface area contributed by atoms with Gasteiger partial charge in [0.05, 0.1) is 18.3 Å². The summed E-state index contributed by atoms with van der Waals surface area (Å²) in [5.74, 6) is -0.726. The molecule has 7 heteroatoms. The van der Waals surface area contributed by atoms with Crippen molar-refractivity contribution in [3.8, 4) is 11.3 Å². The molecule has 0 aliphatic carbocycles. The molecule has 1 amide bonds. The van der Waals surface area contributed by atoms with Gasteiger partial charge in [0.15, 0.2) is 5.13 Å². The van der Waals surface area contributed by atoms with Crippen LogP contribution in [0.2, 0.25) is 5.02 Å². The van der Waals surface area contributed by atoms with Gasteiger partial charge in [-0.05, 0) is 43.2 Å². The molecule has 28 heavy (non-hydrogen) atoms. The van der Waals surface area contributed by atoms with E-state index in [0.717, 1.165) is 24.1 Å². The molecule has 0 bridgehead atoms. The molecule has 1 atom stereocenters. The maximum atomic E-state index is 13.6. The number of anilines is 1. The summed E-state index contributed by atoms with van der Waals surface area (Å²) in [6.07, 6.45) is 1.82. The van der Waals surface area contributed by atoms with E-state index in [9.17, 15) is 9.18 Å². The Labute approximate surface area is 171 Å². The summed E-state index contributed by atoms with van der Waals surface area (Å²) in [6.45, 7) is 1.09. The molecule has 144 valence electrons. The topological polar surface area (TPSA) is 42.4 Å². The highest BCUT2D eigenvalue weighted by Crippen LogP contribution is 2.30. The Bertz CT molecular complexity index is 971. The second-order valence-electron chi connectivity index (χ2n) is 6.58. The molecule has 4 nitrogen and oxygen atoms in total. The van der Waals surface area contributed by atoms with Crippen LogP contribution in [0.4, 0.5) is 9.52 Å². The van der Waals surface area contributed by atoms with Gasteiger partial charge in [-0.25, -0.2) is 9.37 Å². The van der Waals surface area contributed by atoms with Crippen molar-refractivity contribution in [3.63, 3.8) is 0 Å². The maximum absolute atomic E-state index is 13.6. The molecule has 1 aromatic heterocycles. The second-order valence-corrected chi connectivity index (χ2v) is 7.86. The maximum Gasteiger partial charge on any atom is 0.260 e. The minimum absolute atomic E-state index is 0.0413. The van der Waals surface area contributed by atoms with Gasteiger partial charge >= 0.3 is 0 Å². The number of aromatic nitrogens is 1. The van der Waals surface area contributed by atoms with E-state index in [0.29, 0.717) is 28.9 Å². The average molecular weight is 417 g/mol. The van der Waals surface area contributed by atoms with Gasteiger partial charge in [-0.1, -0.05) is 29.8 Å². The Kier molecular flexibility index (Phi) is 5.71. The van der Waals surface area contributed by atoms with Gasteiger partial charge in [0.25, 0.3) is 5.91 Å². The number of ether oxygens (including phenoxy) is 1. The van der Waals surface area contributed by atoms with Gasteiger partial charge in [0, 0.05) is 28.1 Å². The molecule has 1 fully saturated rings. The summed E-state index contributed by atoms with van der Waals surface area (Å²) in [5, 5.41) is 3.12. The molecular weight excluding hydrogens is 399 g/mol. The van der Waals surface area contributed by atoms with E-state index in [2.05, 4.69) is 4.98 Å². The monoisotopic (exact) mass is 416 g/mol. The number of hydrogen-bond acceptors (Lipinski definition) is 4. The van der Waals surface area contributed by atoms with Crippen molar-refractivity contribution in [1.82, 2.24) is 4.98 Å². The van der Waals surface area contributed by atoms with Gasteiger partial charge in [-0.3, -0.25) is 9.69 Å². The molecule has 1 saturated heterocycles. The summed E-state index contributed by atoms with van der Waals surface area (Å²) in [5.41, 5.74) is 1.98. The number of thiazole rings is 1. The van der Waals surface area contributed by atoms with Crippen LogP contribution in [-0.4, -0.2) is 30.1 Å². The number of benzene rings is 2. The second kappa shape index (κ2) is 8.39. The van der Waals surface area contributed by atoms with E-state index < -0.39 is 5.82 Å². The number of rotatable bonds is 5. The molecule has 0 unspecified atom stereocenters. The number of halogens is 2. The van der Waals surface area contributed by atoms with Gasteiger partial charge < -0.3 is 4.74 Å². The van der Waals surface area contributed by atoms with Crippen molar-refractivity contribution in [1.29, 1.82) is 0 Å². The van der Waals surface area contributed by atoms with Crippen molar-refractivity contribution >= 4 is 34.0 Å². The van der Waals surface area contributed by atoms with Gasteiger partial charge in [-0.15, -0.1) is 11.3 Å². The van der Waals surface area contributed by atoms with Crippen LogP contribution in [0.25, 0.3) is 11.3 Å². The van der Waals surface area contributed by atoms with E-state index in [4.69, 9.17) is 16.3 Å². The first kappa shape index (κ1) is 19.1. The predicted octanol–water partition coefficient (Wildman–Crippen LogP) is 5.43. The fourth-order valence-corrected chi connectivity index (χ4v) is 4.13. The van der Waals surface area contributed by atoms with Crippen molar-refractivity contribution in [3.05, 3.63) is 70.3 Å². The highest BCUT2D eigenvalue weighted by atomic mass is 35.5. The smallest absolute Gasteiger partial charge is 0.260 e. The molecule has 3 aromatic rings. The van der Waals surface area contributed by atoms with Crippen LogP contribution < -0.4 is 4.90 Å². The molecule has 2 heterocycles. The first-order valence-electron chi connectivity index (χ1n) is 9.00. The molecule has 1 aliphatic rings. The summed E-state index contributed by atoms with van der Waals surface area (Å²) >= 11 is 7.34. The standard InChI is InChI=1S/C21H18ClFN2O2S/c22-16-8-6-14(7-9-16)19-13-28-21(24-19)25(12-18-5-2-10-27-18)20(26)15-3-1-4-17(23)11-15/h1,3-4,6-9,11,13,18H,2,5,10,12H2/t18-/m1/s1. The lowest BCUT2D eigenvalue weighted by Crippen LogP contribution is -2.37. The SMILES string of the molecule is O=C(c1cccc(F)c1)N(C[C@H]1CCCO1)c1nc(-c2ccc(Cl)cc2)cs1. The van der Waals surface area contributed by atoms with Crippen LogP contribution in [0.1, 0.15) is 23.2 Å². The highest BCUT2D eigenvalue weighted by Gasteiger charge is 2.27. The summed E-state index contributed by atoms with van der Waals surface area (Å²) in [4.78, 5) is 19.4. The summed E-state index contributed by atoms with van der Waals surface area (Å²) in [6, 6.07) is 13.1. The number of nitrogens with zero attached hydrogens (tertiary/aromatic N) is 2.